The second-order valence-corrected chi connectivity index (χ2v) is 7.46. The number of amides is 1. The number of pyridine rings is 1. The fraction of sp³-hybridized carbons (Fsp3) is 0.667. The smallest absolute Gasteiger partial charge is 0.410 e. The van der Waals surface area contributed by atoms with Crippen LogP contribution in [0.2, 0.25) is 0 Å². The van der Waals surface area contributed by atoms with Crippen molar-refractivity contribution in [3.8, 4) is 5.75 Å². The first kappa shape index (κ1) is 21.0. The number of hydrogen-bond acceptors (Lipinski definition) is 5. The van der Waals surface area contributed by atoms with E-state index in [0.29, 0.717) is 5.69 Å². The summed E-state index contributed by atoms with van der Waals surface area (Å²) in [6.07, 6.45) is -1.44. The molecule has 0 radical (unpaired) electrons. The van der Waals surface area contributed by atoms with Crippen LogP contribution in [-0.4, -0.2) is 52.0 Å². The van der Waals surface area contributed by atoms with Crippen LogP contribution in [0.5, 0.6) is 5.75 Å². The van der Waals surface area contributed by atoms with E-state index in [9.17, 15) is 14.7 Å². The molecule has 1 aromatic heterocycles. The van der Waals surface area contributed by atoms with E-state index in [1.165, 1.54) is 11.0 Å². The fourth-order valence-electron chi connectivity index (χ4n) is 2.29. The van der Waals surface area contributed by atoms with Gasteiger partial charge in [0.2, 0.25) is 5.43 Å². The Bertz CT molecular complexity index is 646. The van der Waals surface area contributed by atoms with Crippen LogP contribution in [0.15, 0.2) is 10.9 Å². The summed E-state index contributed by atoms with van der Waals surface area (Å²) in [5.74, 6) is 0.179. The minimum Gasteiger partial charge on any atom is -0.485 e. The summed E-state index contributed by atoms with van der Waals surface area (Å²) in [4.78, 5) is 28.7. The molecule has 142 valence electrons. The number of ether oxygens (including phenoxy) is 2. The van der Waals surface area contributed by atoms with E-state index in [1.807, 2.05) is 13.8 Å². The van der Waals surface area contributed by atoms with Crippen molar-refractivity contribution in [3.63, 3.8) is 0 Å². The van der Waals surface area contributed by atoms with E-state index in [4.69, 9.17) is 9.47 Å². The third kappa shape index (κ3) is 6.78. The zero-order valence-corrected chi connectivity index (χ0v) is 16.2. The van der Waals surface area contributed by atoms with Crippen molar-refractivity contribution >= 4 is 6.09 Å². The molecule has 1 amide bonds. The van der Waals surface area contributed by atoms with Crippen molar-refractivity contribution in [2.75, 3.05) is 13.2 Å². The van der Waals surface area contributed by atoms with Crippen molar-refractivity contribution in [1.29, 1.82) is 0 Å². The van der Waals surface area contributed by atoms with Crippen LogP contribution in [0, 0.1) is 13.8 Å². The molecule has 0 bridgehead atoms. The molecule has 0 aliphatic rings. The number of carbonyl (C=O) groups is 1. The molecule has 0 aliphatic carbocycles. The summed E-state index contributed by atoms with van der Waals surface area (Å²) in [5.41, 5.74) is 0.489. The van der Waals surface area contributed by atoms with E-state index in [-0.39, 0.29) is 30.4 Å². The molecule has 0 fully saturated rings. The number of aromatic amines is 1. The van der Waals surface area contributed by atoms with Gasteiger partial charge < -0.3 is 24.5 Å². The van der Waals surface area contributed by atoms with Crippen LogP contribution in [0.1, 0.15) is 46.0 Å². The molecule has 1 unspecified atom stereocenters. The third-order valence-electron chi connectivity index (χ3n) is 3.38. The summed E-state index contributed by atoms with van der Waals surface area (Å²) in [5, 5.41) is 10.2. The largest absolute Gasteiger partial charge is 0.485 e. The Morgan fingerprint density at radius 3 is 2.40 bits per heavy atom. The summed E-state index contributed by atoms with van der Waals surface area (Å²) in [6.45, 7) is 12.5. The number of aliphatic hydroxyl groups is 1. The quantitative estimate of drug-likeness (QED) is 0.818. The zero-order valence-electron chi connectivity index (χ0n) is 16.2. The van der Waals surface area contributed by atoms with Gasteiger partial charge >= 0.3 is 6.09 Å². The van der Waals surface area contributed by atoms with Crippen molar-refractivity contribution in [3.05, 3.63) is 27.7 Å². The number of rotatable bonds is 6. The van der Waals surface area contributed by atoms with Gasteiger partial charge in [-0.1, -0.05) is 0 Å². The highest BCUT2D eigenvalue weighted by Crippen LogP contribution is 2.14. The predicted molar refractivity (Wildman–Crippen MR) is 96.1 cm³/mol. The molecule has 1 rings (SSSR count). The van der Waals surface area contributed by atoms with Crippen LogP contribution in [0.25, 0.3) is 0 Å². The summed E-state index contributed by atoms with van der Waals surface area (Å²) >= 11 is 0. The molecule has 25 heavy (non-hydrogen) atoms. The van der Waals surface area contributed by atoms with E-state index in [1.54, 1.807) is 34.6 Å². The van der Waals surface area contributed by atoms with Crippen LogP contribution in [0.3, 0.4) is 0 Å². The Morgan fingerprint density at radius 2 is 1.92 bits per heavy atom. The molecule has 0 aromatic carbocycles. The average Bonchev–Trinajstić information content (AvgIpc) is 2.41. The van der Waals surface area contributed by atoms with Crippen molar-refractivity contribution < 1.29 is 19.4 Å². The van der Waals surface area contributed by atoms with Crippen LogP contribution in [-0.2, 0) is 4.74 Å². The van der Waals surface area contributed by atoms with Gasteiger partial charge in [0, 0.05) is 17.8 Å². The highest BCUT2D eigenvalue weighted by molar-refractivity contribution is 5.68. The van der Waals surface area contributed by atoms with Gasteiger partial charge in [0.1, 0.15) is 18.3 Å². The predicted octanol–water partition coefficient (Wildman–Crippen LogP) is 2.38. The van der Waals surface area contributed by atoms with Gasteiger partial charge in [-0.05, 0) is 48.5 Å². The number of aromatic nitrogens is 1. The van der Waals surface area contributed by atoms with Gasteiger partial charge in [0.15, 0.2) is 5.75 Å². The molecule has 0 saturated heterocycles. The SMILES string of the molecule is Cc1cc(=O)c(OCC(O)CN(C(=O)OC(C)(C)C)C(C)C)c(C)[nH]1. The van der Waals surface area contributed by atoms with Crippen molar-refractivity contribution in [2.45, 2.75) is 66.2 Å². The van der Waals surface area contributed by atoms with Gasteiger partial charge in [0.05, 0.1) is 12.2 Å². The van der Waals surface area contributed by atoms with Gasteiger partial charge in [-0.3, -0.25) is 4.79 Å². The Balaban J connectivity index is 2.72. The lowest BCUT2D eigenvalue weighted by molar-refractivity contribution is 0.00175. The van der Waals surface area contributed by atoms with E-state index in [0.717, 1.165) is 5.69 Å². The maximum absolute atomic E-state index is 12.3. The van der Waals surface area contributed by atoms with Gasteiger partial charge in [0.25, 0.3) is 0 Å². The molecule has 1 atom stereocenters. The lowest BCUT2D eigenvalue weighted by Crippen LogP contribution is -2.46. The molecule has 1 heterocycles. The first-order valence-corrected chi connectivity index (χ1v) is 8.41. The molecule has 2 N–H and O–H groups in total. The first-order chi connectivity index (χ1) is 11.4. The summed E-state index contributed by atoms with van der Waals surface area (Å²) < 4.78 is 10.8. The zero-order chi connectivity index (χ0) is 19.4. The van der Waals surface area contributed by atoms with Crippen molar-refractivity contribution in [1.82, 2.24) is 9.88 Å². The molecular formula is C18H30N2O5. The van der Waals surface area contributed by atoms with E-state index < -0.39 is 17.8 Å². The molecular weight excluding hydrogens is 324 g/mol. The molecule has 0 aliphatic heterocycles. The number of nitrogens with one attached hydrogen (secondary N) is 1. The second-order valence-electron chi connectivity index (χ2n) is 7.46. The fourth-order valence-corrected chi connectivity index (χ4v) is 2.29. The topological polar surface area (TPSA) is 91.9 Å². The number of aryl methyl sites for hydroxylation is 2. The van der Waals surface area contributed by atoms with E-state index in [2.05, 4.69) is 4.98 Å². The highest BCUT2D eigenvalue weighted by Gasteiger charge is 2.26. The summed E-state index contributed by atoms with van der Waals surface area (Å²) in [7, 11) is 0. The Hall–Kier alpha value is -2.02. The minimum absolute atomic E-state index is 0.0510. The minimum atomic E-state index is -0.949. The van der Waals surface area contributed by atoms with Crippen LogP contribution in [0.4, 0.5) is 4.79 Å². The second kappa shape index (κ2) is 8.38. The number of nitrogens with zero attached hydrogens (tertiary/aromatic N) is 1. The third-order valence-corrected chi connectivity index (χ3v) is 3.38. The number of H-pyrrole nitrogens is 1. The Morgan fingerprint density at radius 1 is 1.32 bits per heavy atom. The lowest BCUT2D eigenvalue weighted by Gasteiger charge is -2.31. The standard InChI is InChI=1S/C18H30N2O5/c1-11(2)20(17(23)25-18(5,6)7)9-14(21)10-24-16-13(4)19-12(3)8-15(16)22/h8,11,14,21H,9-10H2,1-7H3,(H,19,22). The number of aliphatic hydroxyl groups excluding tert-OH is 1. The van der Waals surface area contributed by atoms with Crippen LogP contribution < -0.4 is 10.2 Å². The van der Waals surface area contributed by atoms with Gasteiger partial charge in [-0.25, -0.2) is 4.79 Å². The maximum atomic E-state index is 12.3. The van der Waals surface area contributed by atoms with Crippen molar-refractivity contribution in [2.24, 2.45) is 0 Å². The van der Waals surface area contributed by atoms with Gasteiger partial charge in [-0.2, -0.15) is 0 Å². The van der Waals surface area contributed by atoms with Crippen LogP contribution >= 0.6 is 0 Å². The molecule has 0 saturated carbocycles. The first-order valence-electron chi connectivity index (χ1n) is 8.41. The molecule has 7 heteroatoms. The Kier molecular flexibility index (Phi) is 7.05. The summed E-state index contributed by atoms with van der Waals surface area (Å²) in [6, 6.07) is 1.30. The maximum Gasteiger partial charge on any atom is 0.410 e. The molecule has 1 aromatic rings. The molecule has 7 nitrogen and oxygen atoms in total. The monoisotopic (exact) mass is 354 g/mol. The highest BCUT2D eigenvalue weighted by atomic mass is 16.6. The number of carbonyl (C=O) groups excluding carboxylic acids is 1. The lowest BCUT2D eigenvalue weighted by atomic mass is 10.2. The van der Waals surface area contributed by atoms with Gasteiger partial charge in [-0.15, -0.1) is 0 Å². The molecule has 0 spiro atoms. The van der Waals surface area contributed by atoms with E-state index >= 15 is 0 Å². The average molecular weight is 354 g/mol. The number of hydrogen-bond donors (Lipinski definition) is 2. The Labute approximate surface area is 148 Å². The normalized spacial score (nSPS) is 12.8.